The lowest BCUT2D eigenvalue weighted by molar-refractivity contribution is 0.462. The molecule has 110 valence electrons. The number of ether oxygens (including phenoxy) is 1. The number of aromatic nitrogens is 1. The van der Waals surface area contributed by atoms with Crippen LogP contribution in [0.15, 0.2) is 30.5 Å². The molecule has 1 aliphatic rings. The molecule has 1 fully saturated rings. The van der Waals surface area contributed by atoms with Crippen molar-refractivity contribution in [2.75, 3.05) is 0 Å². The molecule has 21 heavy (non-hydrogen) atoms. The van der Waals surface area contributed by atoms with Crippen LogP contribution in [0.1, 0.15) is 18.4 Å². The number of hydrogen-bond acceptors (Lipinski definition) is 3. The molecule has 0 radical (unpaired) electrons. The summed E-state index contributed by atoms with van der Waals surface area (Å²) in [5.41, 5.74) is 0.957. The van der Waals surface area contributed by atoms with Crippen molar-refractivity contribution in [3.63, 3.8) is 0 Å². The SMILES string of the molecule is Clc1ccc(Oc2cc(CNC3CC3)c(Cl)cn2)c(Cl)c1. The van der Waals surface area contributed by atoms with Crippen LogP contribution in [-0.4, -0.2) is 11.0 Å². The fraction of sp³-hybridized carbons (Fsp3) is 0.267. The first-order valence-electron chi connectivity index (χ1n) is 6.62. The smallest absolute Gasteiger partial charge is 0.219 e. The van der Waals surface area contributed by atoms with Crippen molar-refractivity contribution in [1.82, 2.24) is 10.3 Å². The molecule has 6 heteroatoms. The lowest BCUT2D eigenvalue weighted by Gasteiger charge is -2.10. The van der Waals surface area contributed by atoms with E-state index in [4.69, 9.17) is 39.5 Å². The van der Waals surface area contributed by atoms with Crippen molar-refractivity contribution >= 4 is 34.8 Å². The maximum atomic E-state index is 6.15. The van der Waals surface area contributed by atoms with Gasteiger partial charge >= 0.3 is 0 Å². The van der Waals surface area contributed by atoms with E-state index in [0.29, 0.717) is 39.3 Å². The van der Waals surface area contributed by atoms with Crippen LogP contribution in [0.2, 0.25) is 15.1 Å². The van der Waals surface area contributed by atoms with Gasteiger partial charge in [0.2, 0.25) is 5.88 Å². The minimum atomic E-state index is 0.442. The van der Waals surface area contributed by atoms with E-state index < -0.39 is 0 Å². The van der Waals surface area contributed by atoms with Crippen LogP contribution >= 0.6 is 34.8 Å². The Kier molecular flexibility index (Phi) is 4.55. The van der Waals surface area contributed by atoms with Gasteiger partial charge in [-0.15, -0.1) is 0 Å². The number of rotatable bonds is 5. The highest BCUT2D eigenvalue weighted by Crippen LogP contribution is 2.32. The fourth-order valence-corrected chi connectivity index (χ4v) is 2.48. The third-order valence-corrected chi connectivity index (χ3v) is 4.05. The summed E-state index contributed by atoms with van der Waals surface area (Å²) in [6.45, 7) is 0.705. The Morgan fingerprint density at radius 1 is 1.14 bits per heavy atom. The fourth-order valence-electron chi connectivity index (χ4n) is 1.86. The molecule has 0 amide bonds. The van der Waals surface area contributed by atoms with Gasteiger partial charge in [0.15, 0.2) is 0 Å². The second-order valence-corrected chi connectivity index (χ2v) is 6.20. The van der Waals surface area contributed by atoms with E-state index in [0.717, 1.165) is 5.56 Å². The maximum absolute atomic E-state index is 6.15. The normalized spacial score (nSPS) is 14.2. The van der Waals surface area contributed by atoms with Crippen molar-refractivity contribution in [3.8, 4) is 11.6 Å². The molecule has 1 aromatic carbocycles. The Labute approximate surface area is 138 Å². The summed E-state index contributed by atoms with van der Waals surface area (Å²) in [5, 5.41) is 5.04. The largest absolute Gasteiger partial charge is 0.437 e. The molecule has 0 unspecified atom stereocenters. The minimum absolute atomic E-state index is 0.442. The van der Waals surface area contributed by atoms with Gasteiger partial charge in [-0.1, -0.05) is 34.8 Å². The topological polar surface area (TPSA) is 34.1 Å². The van der Waals surface area contributed by atoms with E-state index in [1.165, 1.54) is 12.8 Å². The van der Waals surface area contributed by atoms with Gasteiger partial charge in [0.05, 0.1) is 10.0 Å². The third kappa shape index (κ3) is 4.01. The highest BCUT2D eigenvalue weighted by molar-refractivity contribution is 6.35. The standard InChI is InChI=1S/C15H13Cl3N2O/c16-10-1-4-14(12(17)6-10)21-15-5-9(13(18)8-20-15)7-19-11-2-3-11/h1,4-6,8,11,19H,2-3,7H2. The molecule has 0 aliphatic heterocycles. The number of nitrogens with one attached hydrogen (secondary N) is 1. The van der Waals surface area contributed by atoms with Crippen molar-refractivity contribution in [3.05, 3.63) is 51.1 Å². The van der Waals surface area contributed by atoms with Gasteiger partial charge in [-0.3, -0.25) is 0 Å². The van der Waals surface area contributed by atoms with Crippen molar-refractivity contribution < 1.29 is 4.74 Å². The zero-order valence-electron chi connectivity index (χ0n) is 11.1. The predicted molar refractivity (Wildman–Crippen MR) is 85.6 cm³/mol. The Morgan fingerprint density at radius 2 is 1.95 bits per heavy atom. The van der Waals surface area contributed by atoms with Gasteiger partial charge in [-0.25, -0.2) is 4.98 Å². The Morgan fingerprint density at radius 3 is 2.67 bits per heavy atom. The average Bonchev–Trinajstić information content (AvgIpc) is 3.26. The predicted octanol–water partition coefficient (Wildman–Crippen LogP) is 5.09. The number of halogens is 3. The van der Waals surface area contributed by atoms with Gasteiger partial charge in [-0.2, -0.15) is 0 Å². The van der Waals surface area contributed by atoms with Crippen LogP contribution in [0, 0.1) is 0 Å². The number of nitrogens with zero attached hydrogens (tertiary/aromatic N) is 1. The zero-order valence-corrected chi connectivity index (χ0v) is 13.3. The van der Waals surface area contributed by atoms with E-state index in [1.807, 2.05) is 6.07 Å². The van der Waals surface area contributed by atoms with Crippen molar-refractivity contribution in [1.29, 1.82) is 0 Å². The second-order valence-electron chi connectivity index (χ2n) is 4.95. The Balaban J connectivity index is 1.76. The first-order chi connectivity index (χ1) is 10.1. The third-order valence-electron chi connectivity index (χ3n) is 3.18. The van der Waals surface area contributed by atoms with Crippen LogP contribution in [0.25, 0.3) is 0 Å². The lowest BCUT2D eigenvalue weighted by atomic mass is 10.2. The first kappa shape index (κ1) is 14.9. The van der Waals surface area contributed by atoms with E-state index in [1.54, 1.807) is 24.4 Å². The van der Waals surface area contributed by atoms with E-state index >= 15 is 0 Å². The van der Waals surface area contributed by atoms with E-state index in [-0.39, 0.29) is 0 Å². The van der Waals surface area contributed by atoms with Crippen LogP contribution < -0.4 is 10.1 Å². The molecular weight excluding hydrogens is 331 g/mol. The molecule has 1 N–H and O–H groups in total. The van der Waals surface area contributed by atoms with Gasteiger partial charge in [0, 0.05) is 29.9 Å². The summed E-state index contributed by atoms with van der Waals surface area (Å²) in [7, 11) is 0. The van der Waals surface area contributed by atoms with Gasteiger partial charge in [0.1, 0.15) is 5.75 Å². The van der Waals surface area contributed by atoms with Crippen LogP contribution in [0.3, 0.4) is 0 Å². The molecule has 3 nitrogen and oxygen atoms in total. The van der Waals surface area contributed by atoms with Crippen LogP contribution in [0.4, 0.5) is 0 Å². The molecule has 2 aromatic rings. The summed E-state index contributed by atoms with van der Waals surface area (Å²) < 4.78 is 5.69. The Hall–Kier alpha value is -1.00. The molecule has 1 saturated carbocycles. The summed E-state index contributed by atoms with van der Waals surface area (Å²) >= 11 is 18.1. The molecular formula is C15H13Cl3N2O. The van der Waals surface area contributed by atoms with Gasteiger partial charge in [0.25, 0.3) is 0 Å². The van der Waals surface area contributed by atoms with Gasteiger partial charge < -0.3 is 10.1 Å². The van der Waals surface area contributed by atoms with Crippen LogP contribution in [0.5, 0.6) is 11.6 Å². The van der Waals surface area contributed by atoms with E-state index in [2.05, 4.69) is 10.3 Å². The van der Waals surface area contributed by atoms with Gasteiger partial charge in [-0.05, 0) is 36.6 Å². The molecule has 3 rings (SSSR count). The summed E-state index contributed by atoms with van der Waals surface area (Å²) in [6.07, 6.45) is 4.05. The number of pyridine rings is 1. The summed E-state index contributed by atoms with van der Waals surface area (Å²) in [5.74, 6) is 0.966. The van der Waals surface area contributed by atoms with Crippen molar-refractivity contribution in [2.24, 2.45) is 0 Å². The molecule has 0 bridgehead atoms. The molecule has 1 aliphatic carbocycles. The van der Waals surface area contributed by atoms with E-state index in [9.17, 15) is 0 Å². The minimum Gasteiger partial charge on any atom is -0.437 e. The quantitative estimate of drug-likeness (QED) is 0.821. The maximum Gasteiger partial charge on any atom is 0.219 e. The average molecular weight is 344 g/mol. The summed E-state index contributed by atoms with van der Waals surface area (Å²) in [4.78, 5) is 4.17. The lowest BCUT2D eigenvalue weighted by Crippen LogP contribution is -2.15. The monoisotopic (exact) mass is 342 g/mol. The number of hydrogen-bond donors (Lipinski definition) is 1. The highest BCUT2D eigenvalue weighted by Gasteiger charge is 2.20. The molecule has 1 aromatic heterocycles. The number of benzene rings is 1. The molecule has 1 heterocycles. The highest BCUT2D eigenvalue weighted by atomic mass is 35.5. The first-order valence-corrected chi connectivity index (χ1v) is 7.76. The zero-order chi connectivity index (χ0) is 14.8. The molecule has 0 atom stereocenters. The summed E-state index contributed by atoms with van der Waals surface area (Å²) in [6, 6.07) is 7.49. The molecule has 0 saturated heterocycles. The van der Waals surface area contributed by atoms with Crippen molar-refractivity contribution in [2.45, 2.75) is 25.4 Å². The Bertz CT molecular complexity index is 659. The second kappa shape index (κ2) is 6.41. The molecule has 0 spiro atoms. The van der Waals surface area contributed by atoms with Crippen LogP contribution in [-0.2, 0) is 6.54 Å².